The van der Waals surface area contributed by atoms with Crippen LogP contribution in [0, 0.1) is 12.7 Å². The molecule has 174 valence electrons. The quantitative estimate of drug-likeness (QED) is 0.219. The molecule has 2 nitrogen and oxygen atoms in total. The van der Waals surface area contributed by atoms with Crippen LogP contribution in [0.5, 0.6) is 0 Å². The zero-order chi connectivity index (χ0) is 24.7. The van der Waals surface area contributed by atoms with Gasteiger partial charge in [0.1, 0.15) is 5.82 Å². The maximum Gasteiger partial charge on any atom is 0.124 e. The van der Waals surface area contributed by atoms with E-state index in [1.165, 1.54) is 10.8 Å². The molecule has 0 fully saturated rings. The van der Waals surface area contributed by atoms with Gasteiger partial charge in [-0.15, -0.1) is 0 Å². The lowest BCUT2D eigenvalue weighted by molar-refractivity contribution is 0.629. The van der Waals surface area contributed by atoms with Gasteiger partial charge in [-0.3, -0.25) is 4.98 Å². The van der Waals surface area contributed by atoms with Crippen molar-refractivity contribution < 1.29 is 4.39 Å². The lowest BCUT2D eigenvalue weighted by Crippen LogP contribution is -2.15. The molecule has 0 saturated carbocycles. The van der Waals surface area contributed by atoms with E-state index in [-0.39, 0.29) is 5.82 Å². The third-order valence-electron chi connectivity index (χ3n) is 7.74. The van der Waals surface area contributed by atoms with E-state index in [1.54, 1.807) is 12.1 Å². The summed E-state index contributed by atoms with van der Waals surface area (Å²) in [6.45, 7) is 1.97. The third-order valence-corrected chi connectivity index (χ3v) is 7.74. The van der Waals surface area contributed by atoms with E-state index in [4.69, 9.17) is 4.98 Å². The second-order valence-corrected chi connectivity index (χ2v) is 9.84. The van der Waals surface area contributed by atoms with Gasteiger partial charge in [0.25, 0.3) is 0 Å². The summed E-state index contributed by atoms with van der Waals surface area (Å²) in [6.07, 6.45) is 1.90. The molecule has 1 aliphatic heterocycles. The number of aryl methyl sites for hydroxylation is 1. The number of aromatic nitrogens is 1. The maximum absolute atomic E-state index is 14.7. The minimum absolute atomic E-state index is 0.210. The Balaban J connectivity index is 1.60. The van der Waals surface area contributed by atoms with E-state index in [0.29, 0.717) is 0 Å². The van der Waals surface area contributed by atoms with Crippen LogP contribution in [0.4, 0.5) is 21.5 Å². The first-order valence-corrected chi connectivity index (χ1v) is 12.5. The largest absolute Gasteiger partial charge is 0.309 e. The molecular weight excluding hydrogens is 455 g/mol. The van der Waals surface area contributed by atoms with Crippen molar-refractivity contribution in [3.63, 3.8) is 0 Å². The predicted octanol–water partition coefficient (Wildman–Crippen LogP) is 9.59. The van der Waals surface area contributed by atoms with Crippen molar-refractivity contribution in [2.24, 2.45) is 0 Å². The fraction of sp³-hybridized carbons (Fsp3) is 0.0294. The molecule has 0 saturated heterocycles. The summed E-state index contributed by atoms with van der Waals surface area (Å²) < 4.78 is 14.7. The Morgan fingerprint density at radius 2 is 1.35 bits per heavy atom. The van der Waals surface area contributed by atoms with Gasteiger partial charge in [-0.25, -0.2) is 4.39 Å². The van der Waals surface area contributed by atoms with Crippen molar-refractivity contribution in [1.82, 2.24) is 4.98 Å². The summed E-state index contributed by atoms with van der Waals surface area (Å²) in [7, 11) is 0. The second kappa shape index (κ2) is 7.37. The molecule has 0 unspecified atom stereocenters. The Labute approximate surface area is 213 Å². The van der Waals surface area contributed by atoms with Crippen LogP contribution in [0.25, 0.3) is 54.3 Å². The third kappa shape index (κ3) is 2.82. The van der Waals surface area contributed by atoms with E-state index >= 15 is 0 Å². The van der Waals surface area contributed by atoms with Crippen LogP contribution in [0.1, 0.15) is 5.56 Å². The molecule has 8 rings (SSSR count). The Bertz CT molecular complexity index is 2060. The van der Waals surface area contributed by atoms with Crippen LogP contribution in [0.2, 0.25) is 0 Å². The summed E-state index contributed by atoms with van der Waals surface area (Å²) in [6, 6.07) is 35.4. The number of rotatable bonds is 1. The van der Waals surface area contributed by atoms with Crippen LogP contribution in [-0.4, -0.2) is 4.98 Å². The summed E-state index contributed by atoms with van der Waals surface area (Å²) in [5.74, 6) is -0.210. The highest BCUT2D eigenvalue weighted by molar-refractivity contribution is 6.26. The van der Waals surface area contributed by atoms with Gasteiger partial charge in [0.15, 0.2) is 0 Å². The van der Waals surface area contributed by atoms with Crippen LogP contribution < -0.4 is 4.90 Å². The summed E-state index contributed by atoms with van der Waals surface area (Å²) >= 11 is 0. The minimum Gasteiger partial charge on any atom is -0.309 e. The Hall–Kier alpha value is -4.76. The van der Waals surface area contributed by atoms with Crippen molar-refractivity contribution in [1.29, 1.82) is 0 Å². The van der Waals surface area contributed by atoms with Gasteiger partial charge in [-0.1, -0.05) is 54.6 Å². The van der Waals surface area contributed by atoms with Crippen LogP contribution in [0.15, 0.2) is 109 Å². The Kier molecular flexibility index (Phi) is 4.07. The topological polar surface area (TPSA) is 16.1 Å². The number of benzene rings is 6. The van der Waals surface area contributed by atoms with Crippen molar-refractivity contribution >= 4 is 60.2 Å². The highest BCUT2D eigenvalue weighted by Gasteiger charge is 2.28. The zero-order valence-electron chi connectivity index (χ0n) is 20.2. The van der Waals surface area contributed by atoms with Gasteiger partial charge < -0.3 is 4.90 Å². The first-order valence-electron chi connectivity index (χ1n) is 12.5. The van der Waals surface area contributed by atoms with E-state index in [0.717, 1.165) is 66.2 Å². The van der Waals surface area contributed by atoms with Crippen LogP contribution >= 0.6 is 0 Å². The molecule has 0 aliphatic carbocycles. The monoisotopic (exact) mass is 476 g/mol. The molecule has 2 heterocycles. The number of nitrogens with zero attached hydrogens (tertiary/aromatic N) is 2. The first-order chi connectivity index (χ1) is 18.2. The summed E-state index contributed by atoms with van der Waals surface area (Å²) in [4.78, 5) is 7.26. The number of pyridine rings is 1. The van der Waals surface area contributed by atoms with Gasteiger partial charge in [0, 0.05) is 22.8 Å². The Morgan fingerprint density at radius 1 is 0.622 bits per heavy atom. The standard InChI is InChI=1S/C34H21FN2/c1-20-15-23(35)18-28-25(20)11-12-26-27-13-14-36-34-30-16-21-7-5-6-8-22(21)17-31(30)37(24-9-3-2-4-10-24)32(33(27)34)19-29(26)28/h2-19H,1H3. The predicted molar refractivity (Wildman–Crippen MR) is 153 cm³/mol. The van der Waals surface area contributed by atoms with Crippen molar-refractivity contribution in [3.8, 4) is 11.3 Å². The molecule has 0 radical (unpaired) electrons. The molecular formula is C34H21FN2. The van der Waals surface area contributed by atoms with Gasteiger partial charge in [0.05, 0.1) is 17.1 Å². The van der Waals surface area contributed by atoms with Gasteiger partial charge >= 0.3 is 0 Å². The highest BCUT2D eigenvalue weighted by Crippen LogP contribution is 2.53. The molecule has 0 amide bonds. The number of halogens is 1. The van der Waals surface area contributed by atoms with Crippen LogP contribution in [-0.2, 0) is 0 Å². The number of anilines is 3. The lowest BCUT2D eigenvalue weighted by atomic mass is 9.88. The molecule has 0 atom stereocenters. The van der Waals surface area contributed by atoms with Gasteiger partial charge in [-0.05, 0) is 98.7 Å². The van der Waals surface area contributed by atoms with E-state index in [9.17, 15) is 4.39 Å². The fourth-order valence-electron chi connectivity index (χ4n) is 6.11. The molecule has 1 aromatic heterocycles. The normalized spacial score (nSPS) is 12.5. The van der Waals surface area contributed by atoms with Gasteiger partial charge in [-0.2, -0.15) is 0 Å². The van der Waals surface area contributed by atoms with Crippen molar-refractivity contribution in [2.45, 2.75) is 6.92 Å². The SMILES string of the molecule is Cc1cc(F)cc2c1ccc1c3ccnc4c3c(cc21)N(c1ccccc1)c1cc2ccccc2cc1-4. The van der Waals surface area contributed by atoms with E-state index < -0.39 is 0 Å². The highest BCUT2D eigenvalue weighted by atomic mass is 19.1. The molecule has 6 aromatic carbocycles. The van der Waals surface area contributed by atoms with E-state index in [1.807, 2.05) is 19.2 Å². The van der Waals surface area contributed by atoms with Gasteiger partial charge in [0.2, 0.25) is 0 Å². The first kappa shape index (κ1) is 20.4. The summed E-state index contributed by atoms with van der Waals surface area (Å²) in [5, 5.41) is 8.78. The number of fused-ring (bicyclic) bond motifs is 7. The van der Waals surface area contributed by atoms with Crippen molar-refractivity contribution in [2.75, 3.05) is 4.90 Å². The fourth-order valence-corrected chi connectivity index (χ4v) is 6.11. The average Bonchev–Trinajstić information content (AvgIpc) is 2.93. The smallest absolute Gasteiger partial charge is 0.124 e. The van der Waals surface area contributed by atoms with Crippen LogP contribution in [0.3, 0.4) is 0 Å². The lowest BCUT2D eigenvalue weighted by Gasteiger charge is -2.34. The minimum atomic E-state index is -0.210. The average molecular weight is 477 g/mol. The molecule has 1 aliphatic rings. The van der Waals surface area contributed by atoms with Crippen molar-refractivity contribution in [3.05, 3.63) is 121 Å². The molecule has 7 aromatic rings. The molecule has 0 bridgehead atoms. The Morgan fingerprint density at radius 3 is 2.19 bits per heavy atom. The number of para-hydroxylation sites is 1. The molecule has 3 heteroatoms. The number of hydrogen-bond donors (Lipinski definition) is 0. The number of hydrogen-bond acceptors (Lipinski definition) is 2. The second-order valence-electron chi connectivity index (χ2n) is 9.84. The molecule has 0 spiro atoms. The van der Waals surface area contributed by atoms with E-state index in [2.05, 4.69) is 89.8 Å². The summed E-state index contributed by atoms with van der Waals surface area (Å²) in [5.41, 5.74) is 6.28. The maximum atomic E-state index is 14.7. The molecule has 37 heavy (non-hydrogen) atoms. The molecule has 0 N–H and O–H groups in total. The zero-order valence-corrected chi connectivity index (χ0v) is 20.2.